The van der Waals surface area contributed by atoms with Crippen LogP contribution in [-0.2, 0) is 6.42 Å². The molecule has 1 aromatic heterocycles. The van der Waals surface area contributed by atoms with Crippen molar-refractivity contribution in [1.82, 2.24) is 5.16 Å². The van der Waals surface area contributed by atoms with Crippen LogP contribution in [0.15, 0.2) is 4.52 Å². The Balaban J connectivity index is 2.23. The van der Waals surface area contributed by atoms with Gasteiger partial charge in [-0.15, -0.1) is 0 Å². The van der Waals surface area contributed by atoms with Crippen LogP contribution in [0.2, 0.25) is 0 Å². The van der Waals surface area contributed by atoms with Gasteiger partial charge in [-0.25, -0.2) is 0 Å². The first-order valence-electron chi connectivity index (χ1n) is 7.40. The lowest BCUT2D eigenvalue weighted by atomic mass is 9.99. The maximum Gasteiger partial charge on any atom is 0.225 e. The summed E-state index contributed by atoms with van der Waals surface area (Å²) in [6.45, 7) is 6.52. The van der Waals surface area contributed by atoms with Crippen LogP contribution in [0.4, 0.5) is 5.88 Å². The molecule has 0 atom stereocenters. The summed E-state index contributed by atoms with van der Waals surface area (Å²) in [4.78, 5) is 0. The number of aryl methyl sites for hydroxylation is 1. The van der Waals surface area contributed by atoms with Gasteiger partial charge in [0.25, 0.3) is 0 Å². The molecule has 0 spiro atoms. The number of hydrogen-bond donors (Lipinski definition) is 1. The standard InChI is InChI=1S/C15H28N2O/c1-4-5-6-7-8-9-10-11-13-14(12(2)3)15(16)18-17-13/h12H,4-11,16H2,1-3H3. The number of nitrogen functional groups attached to an aromatic ring is 1. The summed E-state index contributed by atoms with van der Waals surface area (Å²) >= 11 is 0. The van der Waals surface area contributed by atoms with E-state index < -0.39 is 0 Å². The molecule has 0 radical (unpaired) electrons. The quantitative estimate of drug-likeness (QED) is 0.649. The van der Waals surface area contributed by atoms with E-state index in [0.29, 0.717) is 11.8 Å². The molecule has 0 amide bonds. The Hall–Kier alpha value is -0.990. The number of rotatable bonds is 9. The van der Waals surface area contributed by atoms with Crippen LogP contribution in [-0.4, -0.2) is 5.16 Å². The van der Waals surface area contributed by atoms with Crippen molar-refractivity contribution >= 4 is 5.88 Å². The minimum atomic E-state index is 0.399. The molecule has 0 aromatic carbocycles. The number of anilines is 1. The molecule has 3 nitrogen and oxygen atoms in total. The molecule has 2 N–H and O–H groups in total. The van der Waals surface area contributed by atoms with Gasteiger partial charge < -0.3 is 10.3 Å². The molecule has 0 saturated heterocycles. The molecule has 0 aliphatic carbocycles. The highest BCUT2D eigenvalue weighted by Crippen LogP contribution is 2.26. The third-order valence-electron chi connectivity index (χ3n) is 3.43. The number of nitrogens with zero attached hydrogens (tertiary/aromatic N) is 1. The van der Waals surface area contributed by atoms with Crippen molar-refractivity contribution in [2.75, 3.05) is 5.73 Å². The van der Waals surface area contributed by atoms with E-state index in [4.69, 9.17) is 10.3 Å². The largest absolute Gasteiger partial charge is 0.367 e. The van der Waals surface area contributed by atoms with Gasteiger partial charge in [0.15, 0.2) is 0 Å². The smallest absolute Gasteiger partial charge is 0.225 e. The van der Waals surface area contributed by atoms with E-state index in [-0.39, 0.29) is 0 Å². The van der Waals surface area contributed by atoms with Gasteiger partial charge >= 0.3 is 0 Å². The third kappa shape index (κ3) is 4.71. The lowest BCUT2D eigenvalue weighted by Crippen LogP contribution is -1.97. The lowest BCUT2D eigenvalue weighted by molar-refractivity contribution is 0.425. The van der Waals surface area contributed by atoms with Crippen molar-refractivity contribution in [2.24, 2.45) is 0 Å². The molecule has 104 valence electrons. The molecule has 0 saturated carbocycles. The molecule has 0 aliphatic heterocycles. The molecule has 0 unspecified atom stereocenters. The summed E-state index contributed by atoms with van der Waals surface area (Å²) in [5.74, 6) is 0.902. The molecule has 3 heteroatoms. The van der Waals surface area contributed by atoms with E-state index in [1.54, 1.807) is 0 Å². The summed E-state index contributed by atoms with van der Waals surface area (Å²) < 4.78 is 5.09. The van der Waals surface area contributed by atoms with Gasteiger partial charge in [-0.05, 0) is 18.8 Å². The van der Waals surface area contributed by atoms with Crippen LogP contribution in [0.5, 0.6) is 0 Å². The summed E-state index contributed by atoms with van der Waals surface area (Å²) in [7, 11) is 0. The number of aromatic nitrogens is 1. The Labute approximate surface area is 111 Å². The fraction of sp³-hybridized carbons (Fsp3) is 0.800. The molecular formula is C15H28N2O. The van der Waals surface area contributed by atoms with Crippen LogP contribution in [0.1, 0.15) is 82.9 Å². The summed E-state index contributed by atoms with van der Waals surface area (Å²) in [5.41, 5.74) is 7.98. The van der Waals surface area contributed by atoms with E-state index in [1.165, 1.54) is 44.9 Å². The SMILES string of the molecule is CCCCCCCCCc1noc(N)c1C(C)C. The minimum absolute atomic E-state index is 0.399. The zero-order chi connectivity index (χ0) is 13.4. The lowest BCUT2D eigenvalue weighted by Gasteiger charge is -2.05. The van der Waals surface area contributed by atoms with Crippen molar-refractivity contribution in [3.8, 4) is 0 Å². The second-order valence-corrected chi connectivity index (χ2v) is 5.43. The Bertz CT molecular complexity index is 331. The second-order valence-electron chi connectivity index (χ2n) is 5.43. The second kappa shape index (κ2) is 8.17. The van der Waals surface area contributed by atoms with Crippen LogP contribution < -0.4 is 5.73 Å². The van der Waals surface area contributed by atoms with Crippen molar-refractivity contribution in [3.63, 3.8) is 0 Å². The van der Waals surface area contributed by atoms with Crippen molar-refractivity contribution in [1.29, 1.82) is 0 Å². The highest BCUT2D eigenvalue weighted by molar-refractivity contribution is 5.41. The van der Waals surface area contributed by atoms with Gasteiger partial charge in [-0.2, -0.15) is 0 Å². The molecular weight excluding hydrogens is 224 g/mol. The average molecular weight is 252 g/mol. The Kier molecular flexibility index (Phi) is 6.84. The molecule has 18 heavy (non-hydrogen) atoms. The van der Waals surface area contributed by atoms with Crippen LogP contribution >= 0.6 is 0 Å². The van der Waals surface area contributed by atoms with Crippen LogP contribution in [0, 0.1) is 0 Å². The summed E-state index contributed by atoms with van der Waals surface area (Å²) in [6, 6.07) is 0. The fourth-order valence-corrected chi connectivity index (χ4v) is 2.39. The first-order chi connectivity index (χ1) is 8.66. The van der Waals surface area contributed by atoms with Gasteiger partial charge in [0.1, 0.15) is 0 Å². The third-order valence-corrected chi connectivity index (χ3v) is 3.43. The van der Waals surface area contributed by atoms with Crippen LogP contribution in [0.3, 0.4) is 0 Å². The maximum absolute atomic E-state index is 5.80. The average Bonchev–Trinajstić information content (AvgIpc) is 2.69. The zero-order valence-electron chi connectivity index (χ0n) is 12.2. The van der Waals surface area contributed by atoms with Gasteiger partial charge in [0, 0.05) is 5.56 Å². The number of unbranched alkanes of at least 4 members (excludes halogenated alkanes) is 6. The van der Waals surface area contributed by atoms with Gasteiger partial charge in [0.2, 0.25) is 5.88 Å². The molecule has 0 aliphatic rings. The normalized spacial score (nSPS) is 11.3. The van der Waals surface area contributed by atoms with Gasteiger partial charge in [0.05, 0.1) is 5.69 Å². The molecule has 1 aromatic rings. The van der Waals surface area contributed by atoms with Crippen LogP contribution in [0.25, 0.3) is 0 Å². The predicted molar refractivity (Wildman–Crippen MR) is 76.7 cm³/mol. The van der Waals surface area contributed by atoms with E-state index >= 15 is 0 Å². The van der Waals surface area contributed by atoms with E-state index in [9.17, 15) is 0 Å². The fourth-order valence-electron chi connectivity index (χ4n) is 2.39. The Morgan fingerprint density at radius 3 is 2.28 bits per heavy atom. The zero-order valence-corrected chi connectivity index (χ0v) is 12.2. The highest BCUT2D eigenvalue weighted by atomic mass is 16.5. The van der Waals surface area contributed by atoms with Crippen molar-refractivity contribution in [3.05, 3.63) is 11.3 Å². The van der Waals surface area contributed by atoms with E-state index in [0.717, 1.165) is 17.7 Å². The highest BCUT2D eigenvalue weighted by Gasteiger charge is 2.15. The van der Waals surface area contributed by atoms with Gasteiger partial charge in [-0.1, -0.05) is 64.5 Å². The van der Waals surface area contributed by atoms with E-state index in [2.05, 4.69) is 25.9 Å². The maximum atomic E-state index is 5.80. The molecule has 0 bridgehead atoms. The number of hydrogen-bond acceptors (Lipinski definition) is 3. The summed E-state index contributed by atoms with van der Waals surface area (Å²) in [6.07, 6.45) is 10.3. The molecule has 1 heterocycles. The Morgan fingerprint density at radius 1 is 1.06 bits per heavy atom. The van der Waals surface area contributed by atoms with Crippen molar-refractivity contribution in [2.45, 2.75) is 78.1 Å². The van der Waals surface area contributed by atoms with E-state index in [1.807, 2.05) is 0 Å². The Morgan fingerprint density at radius 2 is 1.67 bits per heavy atom. The monoisotopic (exact) mass is 252 g/mol. The van der Waals surface area contributed by atoms with Gasteiger partial charge in [-0.3, -0.25) is 0 Å². The van der Waals surface area contributed by atoms with Crippen molar-refractivity contribution < 1.29 is 4.52 Å². The summed E-state index contributed by atoms with van der Waals surface area (Å²) in [5, 5.41) is 4.08. The molecule has 0 fully saturated rings. The number of nitrogens with two attached hydrogens (primary N) is 1. The first kappa shape index (κ1) is 15.1. The first-order valence-corrected chi connectivity index (χ1v) is 7.40. The topological polar surface area (TPSA) is 52.0 Å². The minimum Gasteiger partial charge on any atom is -0.367 e. The predicted octanol–water partition coefficient (Wildman–Crippen LogP) is 4.67. The molecule has 1 rings (SSSR count).